The molecule has 1 heterocycles. The number of benzene rings is 2. The van der Waals surface area contributed by atoms with Crippen LogP contribution in [0.3, 0.4) is 0 Å². The number of esters is 1. The van der Waals surface area contributed by atoms with Crippen molar-refractivity contribution in [3.63, 3.8) is 0 Å². The molecule has 3 nitrogen and oxygen atoms in total. The summed E-state index contributed by atoms with van der Waals surface area (Å²) < 4.78 is 5.73. The molecule has 0 fully saturated rings. The molecule has 23 heavy (non-hydrogen) atoms. The van der Waals surface area contributed by atoms with Gasteiger partial charge in [0, 0.05) is 23.6 Å². The van der Waals surface area contributed by atoms with E-state index in [1.54, 1.807) is 0 Å². The number of carbonyl (C=O) groups excluding carboxylic acids is 1. The van der Waals surface area contributed by atoms with Crippen molar-refractivity contribution in [3.05, 3.63) is 65.2 Å². The monoisotopic (exact) mass is 309 g/mol. The number of carbonyl (C=O) groups is 1. The van der Waals surface area contributed by atoms with Crippen LogP contribution in [0, 0.1) is 12.3 Å². The second-order valence-electron chi connectivity index (χ2n) is 6.89. The molecule has 0 radical (unpaired) electrons. The van der Waals surface area contributed by atoms with Crippen molar-refractivity contribution >= 4 is 11.7 Å². The molecular weight excluding hydrogens is 286 g/mol. The van der Waals surface area contributed by atoms with Crippen LogP contribution >= 0.6 is 0 Å². The fourth-order valence-corrected chi connectivity index (χ4v) is 3.40. The molecule has 2 atom stereocenters. The van der Waals surface area contributed by atoms with Crippen LogP contribution in [0.2, 0.25) is 0 Å². The molecule has 1 aliphatic heterocycles. The van der Waals surface area contributed by atoms with Crippen LogP contribution in [-0.4, -0.2) is 5.97 Å². The molecule has 2 aromatic carbocycles. The van der Waals surface area contributed by atoms with Gasteiger partial charge in [-0.1, -0.05) is 61.9 Å². The molecule has 0 amide bonds. The van der Waals surface area contributed by atoms with E-state index in [0.29, 0.717) is 0 Å². The Morgan fingerprint density at radius 1 is 1.09 bits per heavy atom. The molecule has 0 aliphatic carbocycles. The lowest BCUT2D eigenvalue weighted by atomic mass is 9.70. The van der Waals surface area contributed by atoms with E-state index in [-0.39, 0.29) is 23.5 Å². The van der Waals surface area contributed by atoms with Crippen LogP contribution in [0.1, 0.15) is 49.6 Å². The number of para-hydroxylation sites is 1. The number of nitrogens with one attached hydrogen (secondary N) is 1. The van der Waals surface area contributed by atoms with Crippen molar-refractivity contribution in [2.75, 3.05) is 5.32 Å². The van der Waals surface area contributed by atoms with Gasteiger partial charge >= 0.3 is 5.97 Å². The quantitative estimate of drug-likeness (QED) is 0.810. The van der Waals surface area contributed by atoms with Gasteiger partial charge in [-0.05, 0) is 18.6 Å². The molecule has 0 unspecified atom stereocenters. The number of fused-ring (bicyclic) bond motifs is 1. The fourth-order valence-electron chi connectivity index (χ4n) is 3.40. The third-order valence-corrected chi connectivity index (χ3v) is 4.66. The molecule has 0 saturated heterocycles. The third-order valence-electron chi connectivity index (χ3n) is 4.66. The van der Waals surface area contributed by atoms with Crippen LogP contribution in [-0.2, 0) is 9.53 Å². The van der Waals surface area contributed by atoms with Gasteiger partial charge in [0.25, 0.3) is 0 Å². The molecular formula is C20H23NO2. The number of aryl methyl sites for hydroxylation is 1. The Hall–Kier alpha value is -2.29. The number of rotatable bonds is 2. The topological polar surface area (TPSA) is 38.3 Å². The van der Waals surface area contributed by atoms with Gasteiger partial charge in [0.1, 0.15) is 6.10 Å². The first kappa shape index (κ1) is 15.6. The number of hydrogen-bond acceptors (Lipinski definition) is 3. The molecule has 1 aliphatic rings. The summed E-state index contributed by atoms with van der Waals surface area (Å²) in [5, 5.41) is 3.63. The van der Waals surface area contributed by atoms with Gasteiger partial charge in [0.15, 0.2) is 0 Å². The zero-order chi connectivity index (χ0) is 16.6. The predicted molar refractivity (Wildman–Crippen MR) is 92.3 cm³/mol. The molecule has 0 saturated carbocycles. The molecule has 120 valence electrons. The van der Waals surface area contributed by atoms with E-state index in [2.05, 4.69) is 50.4 Å². The largest absolute Gasteiger partial charge is 0.457 e. The smallest absolute Gasteiger partial charge is 0.303 e. The molecule has 3 rings (SSSR count). The summed E-state index contributed by atoms with van der Waals surface area (Å²) in [4.78, 5) is 11.7. The Bertz CT molecular complexity index is 719. The highest BCUT2D eigenvalue weighted by Crippen LogP contribution is 2.52. The van der Waals surface area contributed by atoms with Crippen molar-refractivity contribution in [2.45, 2.75) is 39.8 Å². The van der Waals surface area contributed by atoms with E-state index < -0.39 is 0 Å². The standard InChI is InChI=1S/C20H23NO2/c1-13-9-11-15(12-10-13)18-20(3,4)19(23-14(2)22)16-7-5-6-8-17(16)21-18/h5-12,18-19,21H,1-4H3/t18-,19-/m1/s1. The van der Waals surface area contributed by atoms with Crippen LogP contribution in [0.25, 0.3) is 0 Å². The lowest BCUT2D eigenvalue weighted by Gasteiger charge is -2.46. The third kappa shape index (κ3) is 2.83. The van der Waals surface area contributed by atoms with Crippen LogP contribution in [0.15, 0.2) is 48.5 Å². The number of ether oxygens (including phenoxy) is 1. The molecule has 0 spiro atoms. The lowest BCUT2D eigenvalue weighted by molar-refractivity contribution is -0.154. The van der Waals surface area contributed by atoms with E-state index in [9.17, 15) is 4.79 Å². The summed E-state index contributed by atoms with van der Waals surface area (Å²) in [5.41, 5.74) is 4.24. The van der Waals surface area contributed by atoms with Crippen molar-refractivity contribution in [2.24, 2.45) is 5.41 Å². The van der Waals surface area contributed by atoms with Crippen molar-refractivity contribution in [3.8, 4) is 0 Å². The molecule has 1 N–H and O–H groups in total. The van der Waals surface area contributed by atoms with Crippen LogP contribution in [0.5, 0.6) is 0 Å². The first-order valence-electron chi connectivity index (χ1n) is 7.99. The highest BCUT2D eigenvalue weighted by atomic mass is 16.5. The highest BCUT2D eigenvalue weighted by molar-refractivity contribution is 5.68. The van der Waals surface area contributed by atoms with Gasteiger partial charge in [-0.2, -0.15) is 0 Å². The van der Waals surface area contributed by atoms with Crippen molar-refractivity contribution < 1.29 is 9.53 Å². The van der Waals surface area contributed by atoms with Gasteiger partial charge in [-0.3, -0.25) is 4.79 Å². The van der Waals surface area contributed by atoms with E-state index in [0.717, 1.165) is 11.3 Å². The average Bonchev–Trinajstić information content (AvgIpc) is 2.51. The first-order valence-corrected chi connectivity index (χ1v) is 7.99. The lowest BCUT2D eigenvalue weighted by Crippen LogP contribution is -2.40. The fraction of sp³-hybridized carbons (Fsp3) is 0.350. The Morgan fingerprint density at radius 2 is 1.74 bits per heavy atom. The Balaban J connectivity index is 2.09. The minimum atomic E-state index is -0.274. The summed E-state index contributed by atoms with van der Waals surface area (Å²) in [6.45, 7) is 7.85. The zero-order valence-corrected chi connectivity index (χ0v) is 14.1. The Kier molecular flexibility index (Phi) is 3.88. The van der Waals surface area contributed by atoms with Crippen LogP contribution in [0.4, 0.5) is 5.69 Å². The van der Waals surface area contributed by atoms with Gasteiger partial charge in [-0.15, -0.1) is 0 Å². The second kappa shape index (κ2) is 5.73. The molecule has 0 bridgehead atoms. The van der Waals surface area contributed by atoms with E-state index in [4.69, 9.17) is 4.74 Å². The zero-order valence-electron chi connectivity index (χ0n) is 14.1. The second-order valence-corrected chi connectivity index (χ2v) is 6.89. The summed E-state index contributed by atoms with van der Waals surface area (Å²) in [7, 11) is 0. The maximum absolute atomic E-state index is 11.7. The number of hydrogen-bond donors (Lipinski definition) is 1. The predicted octanol–water partition coefficient (Wildman–Crippen LogP) is 4.79. The van der Waals surface area contributed by atoms with E-state index in [1.807, 2.05) is 24.3 Å². The van der Waals surface area contributed by atoms with Crippen LogP contribution < -0.4 is 5.32 Å². The number of anilines is 1. The SMILES string of the molecule is CC(=O)O[C@@H]1c2ccccc2N[C@H](c2ccc(C)cc2)C1(C)C. The van der Waals surface area contributed by atoms with Gasteiger partial charge in [0.2, 0.25) is 0 Å². The first-order chi connectivity index (χ1) is 10.9. The maximum Gasteiger partial charge on any atom is 0.303 e. The van der Waals surface area contributed by atoms with E-state index >= 15 is 0 Å². The average molecular weight is 309 g/mol. The minimum absolute atomic E-state index is 0.0716. The summed E-state index contributed by atoms with van der Waals surface area (Å²) in [6, 6.07) is 16.7. The van der Waals surface area contributed by atoms with Crippen molar-refractivity contribution in [1.82, 2.24) is 0 Å². The van der Waals surface area contributed by atoms with Gasteiger partial charge in [-0.25, -0.2) is 0 Å². The molecule has 3 heteroatoms. The summed E-state index contributed by atoms with van der Waals surface area (Å²) in [5.74, 6) is -0.248. The Morgan fingerprint density at radius 3 is 2.39 bits per heavy atom. The van der Waals surface area contributed by atoms with Crippen molar-refractivity contribution in [1.29, 1.82) is 0 Å². The normalized spacial score (nSPS) is 21.9. The molecule has 0 aromatic heterocycles. The van der Waals surface area contributed by atoms with Gasteiger partial charge < -0.3 is 10.1 Å². The maximum atomic E-state index is 11.7. The Labute approximate surface area is 137 Å². The summed E-state index contributed by atoms with van der Waals surface area (Å²) in [6.07, 6.45) is -0.274. The minimum Gasteiger partial charge on any atom is -0.457 e. The highest BCUT2D eigenvalue weighted by Gasteiger charge is 2.45. The van der Waals surface area contributed by atoms with E-state index in [1.165, 1.54) is 18.1 Å². The molecule has 2 aromatic rings. The van der Waals surface area contributed by atoms with Gasteiger partial charge in [0.05, 0.1) is 6.04 Å². The summed E-state index contributed by atoms with van der Waals surface area (Å²) >= 11 is 0.